The maximum Gasteiger partial charge on any atom is 0.261 e. The Kier molecular flexibility index (Phi) is 4.42. The molecule has 124 valence electrons. The summed E-state index contributed by atoms with van der Waals surface area (Å²) >= 11 is 5.72. The standard InChI is InChI=1S/C17H14ClNO5/c18-10-5-6-15(14(21)7-10)24-9-11(20)8-19-16(22)12-3-1-2-4-13(12)17(19)23/h1-7,11,20-21H,8-9H2/t11-/m1/s1. The molecule has 0 aliphatic carbocycles. The van der Waals surface area contributed by atoms with Crippen LogP contribution in [-0.2, 0) is 0 Å². The molecule has 0 bridgehead atoms. The van der Waals surface area contributed by atoms with Gasteiger partial charge in [-0.1, -0.05) is 23.7 Å². The number of phenolic OH excluding ortho intramolecular Hbond substituents is 1. The van der Waals surface area contributed by atoms with Crippen molar-refractivity contribution in [2.24, 2.45) is 0 Å². The lowest BCUT2D eigenvalue weighted by Gasteiger charge is -2.19. The number of aliphatic hydroxyl groups excluding tert-OH is 1. The summed E-state index contributed by atoms with van der Waals surface area (Å²) in [5, 5.41) is 20.1. The summed E-state index contributed by atoms with van der Waals surface area (Å²) in [6, 6.07) is 10.8. The lowest BCUT2D eigenvalue weighted by Crippen LogP contribution is -2.39. The van der Waals surface area contributed by atoms with Crippen LogP contribution in [0.4, 0.5) is 0 Å². The molecule has 1 heterocycles. The predicted octanol–water partition coefficient (Wildman–Crippen LogP) is 2.08. The van der Waals surface area contributed by atoms with Crippen LogP contribution >= 0.6 is 11.6 Å². The van der Waals surface area contributed by atoms with E-state index >= 15 is 0 Å². The third-order valence-corrected chi connectivity index (χ3v) is 3.86. The van der Waals surface area contributed by atoms with E-state index in [-0.39, 0.29) is 24.7 Å². The van der Waals surface area contributed by atoms with Crippen molar-refractivity contribution < 1.29 is 24.5 Å². The summed E-state index contributed by atoms with van der Waals surface area (Å²) in [7, 11) is 0. The van der Waals surface area contributed by atoms with Crippen molar-refractivity contribution in [2.45, 2.75) is 6.10 Å². The number of ether oxygens (including phenoxy) is 1. The van der Waals surface area contributed by atoms with Crippen LogP contribution in [0.1, 0.15) is 20.7 Å². The highest BCUT2D eigenvalue weighted by molar-refractivity contribution is 6.30. The van der Waals surface area contributed by atoms with Gasteiger partial charge >= 0.3 is 0 Å². The minimum Gasteiger partial charge on any atom is -0.504 e. The number of amides is 2. The molecule has 0 aromatic heterocycles. The van der Waals surface area contributed by atoms with Crippen LogP contribution in [0.2, 0.25) is 5.02 Å². The van der Waals surface area contributed by atoms with Gasteiger partial charge in [-0.3, -0.25) is 14.5 Å². The van der Waals surface area contributed by atoms with Gasteiger partial charge in [0.2, 0.25) is 0 Å². The lowest BCUT2D eigenvalue weighted by molar-refractivity contribution is 0.0453. The van der Waals surface area contributed by atoms with Gasteiger partial charge in [-0.05, 0) is 24.3 Å². The van der Waals surface area contributed by atoms with Crippen LogP contribution in [0.3, 0.4) is 0 Å². The summed E-state index contributed by atoms with van der Waals surface area (Å²) in [6.07, 6.45) is -1.10. The number of fused-ring (bicyclic) bond motifs is 1. The number of benzene rings is 2. The Morgan fingerprint density at radius 1 is 1.08 bits per heavy atom. The number of phenols is 1. The van der Waals surface area contributed by atoms with E-state index in [2.05, 4.69) is 0 Å². The third-order valence-electron chi connectivity index (χ3n) is 3.62. The second-order valence-corrected chi connectivity index (χ2v) is 5.78. The van der Waals surface area contributed by atoms with E-state index in [0.717, 1.165) is 4.90 Å². The maximum atomic E-state index is 12.2. The summed E-state index contributed by atoms with van der Waals surface area (Å²) in [5.74, 6) is -0.885. The molecule has 7 heteroatoms. The minimum atomic E-state index is -1.10. The Labute approximate surface area is 142 Å². The number of β-amino-alcohol motifs (C(OH)–C–C–N with tert-alkyl or cyclic N) is 1. The quantitative estimate of drug-likeness (QED) is 0.809. The summed E-state index contributed by atoms with van der Waals surface area (Å²) < 4.78 is 5.30. The van der Waals surface area contributed by atoms with Crippen molar-refractivity contribution in [1.29, 1.82) is 0 Å². The highest BCUT2D eigenvalue weighted by atomic mass is 35.5. The smallest absolute Gasteiger partial charge is 0.261 e. The second-order valence-electron chi connectivity index (χ2n) is 5.34. The number of hydrogen-bond acceptors (Lipinski definition) is 5. The highest BCUT2D eigenvalue weighted by Gasteiger charge is 2.36. The van der Waals surface area contributed by atoms with Crippen molar-refractivity contribution in [3.05, 3.63) is 58.6 Å². The molecule has 0 saturated carbocycles. The first-order chi connectivity index (χ1) is 11.5. The molecule has 1 aliphatic rings. The van der Waals surface area contributed by atoms with E-state index in [4.69, 9.17) is 16.3 Å². The molecule has 2 aromatic rings. The van der Waals surface area contributed by atoms with E-state index in [9.17, 15) is 19.8 Å². The molecule has 0 saturated heterocycles. The summed E-state index contributed by atoms with van der Waals surface area (Å²) in [4.78, 5) is 25.4. The first kappa shape index (κ1) is 16.3. The van der Waals surface area contributed by atoms with Gasteiger partial charge in [0.1, 0.15) is 12.7 Å². The third kappa shape index (κ3) is 3.06. The number of aliphatic hydroxyl groups is 1. The van der Waals surface area contributed by atoms with E-state index < -0.39 is 17.9 Å². The average molecular weight is 348 g/mol. The molecule has 1 aliphatic heterocycles. The maximum absolute atomic E-state index is 12.2. The van der Waals surface area contributed by atoms with Gasteiger partial charge in [0.25, 0.3) is 11.8 Å². The molecule has 2 aromatic carbocycles. The lowest BCUT2D eigenvalue weighted by atomic mass is 10.1. The normalized spacial score (nSPS) is 14.7. The van der Waals surface area contributed by atoms with Crippen LogP contribution in [0.15, 0.2) is 42.5 Å². The van der Waals surface area contributed by atoms with Gasteiger partial charge in [0.15, 0.2) is 11.5 Å². The van der Waals surface area contributed by atoms with Gasteiger partial charge < -0.3 is 14.9 Å². The van der Waals surface area contributed by atoms with Crippen LogP contribution < -0.4 is 4.74 Å². The number of halogens is 1. The Bertz CT molecular complexity index is 772. The zero-order valence-corrected chi connectivity index (χ0v) is 13.2. The number of hydrogen-bond donors (Lipinski definition) is 2. The van der Waals surface area contributed by atoms with Gasteiger partial charge in [-0.15, -0.1) is 0 Å². The van der Waals surface area contributed by atoms with Crippen LogP contribution in [0, 0.1) is 0 Å². The van der Waals surface area contributed by atoms with E-state index in [1.165, 1.54) is 18.2 Å². The van der Waals surface area contributed by atoms with Crippen molar-refractivity contribution in [3.8, 4) is 11.5 Å². The Morgan fingerprint density at radius 2 is 1.71 bits per heavy atom. The number of carbonyl (C=O) groups excluding carboxylic acids is 2. The summed E-state index contributed by atoms with van der Waals surface area (Å²) in [5.41, 5.74) is 0.650. The Morgan fingerprint density at radius 3 is 2.29 bits per heavy atom. The molecule has 0 radical (unpaired) electrons. The zero-order valence-electron chi connectivity index (χ0n) is 12.5. The molecule has 0 fully saturated rings. The van der Waals surface area contributed by atoms with Crippen molar-refractivity contribution >= 4 is 23.4 Å². The highest BCUT2D eigenvalue weighted by Crippen LogP contribution is 2.29. The molecule has 0 unspecified atom stereocenters. The second kappa shape index (κ2) is 6.51. The van der Waals surface area contributed by atoms with Crippen LogP contribution in [0.25, 0.3) is 0 Å². The Hall–Kier alpha value is -2.57. The van der Waals surface area contributed by atoms with Gasteiger partial charge in [0.05, 0.1) is 17.7 Å². The topological polar surface area (TPSA) is 87.1 Å². The molecular weight excluding hydrogens is 334 g/mol. The zero-order chi connectivity index (χ0) is 17.3. The van der Waals surface area contributed by atoms with E-state index in [0.29, 0.717) is 16.1 Å². The molecule has 6 nitrogen and oxygen atoms in total. The van der Waals surface area contributed by atoms with Gasteiger partial charge in [0, 0.05) is 11.1 Å². The molecule has 24 heavy (non-hydrogen) atoms. The first-order valence-corrected chi connectivity index (χ1v) is 7.60. The molecular formula is C17H14ClNO5. The fourth-order valence-corrected chi connectivity index (χ4v) is 2.63. The van der Waals surface area contributed by atoms with Crippen molar-refractivity contribution in [1.82, 2.24) is 4.90 Å². The first-order valence-electron chi connectivity index (χ1n) is 7.22. The molecule has 1 atom stereocenters. The van der Waals surface area contributed by atoms with Crippen LogP contribution in [-0.4, -0.2) is 46.2 Å². The summed E-state index contributed by atoms with van der Waals surface area (Å²) in [6.45, 7) is -0.386. The van der Waals surface area contributed by atoms with Crippen molar-refractivity contribution in [3.63, 3.8) is 0 Å². The number of rotatable bonds is 5. The predicted molar refractivity (Wildman–Crippen MR) is 86.4 cm³/mol. The largest absolute Gasteiger partial charge is 0.504 e. The number of aromatic hydroxyl groups is 1. The monoisotopic (exact) mass is 347 g/mol. The van der Waals surface area contributed by atoms with E-state index in [1.54, 1.807) is 24.3 Å². The van der Waals surface area contributed by atoms with Crippen LogP contribution in [0.5, 0.6) is 11.5 Å². The van der Waals surface area contributed by atoms with Gasteiger partial charge in [-0.25, -0.2) is 0 Å². The number of carbonyl (C=O) groups is 2. The number of nitrogens with zero attached hydrogens (tertiary/aromatic N) is 1. The minimum absolute atomic E-state index is 0.154. The van der Waals surface area contributed by atoms with E-state index in [1.807, 2.05) is 0 Å². The SMILES string of the molecule is O=C1c2ccccc2C(=O)N1C[C@@H](O)COc1ccc(Cl)cc1O. The fourth-order valence-electron chi connectivity index (χ4n) is 2.47. The Balaban J connectivity index is 1.63. The van der Waals surface area contributed by atoms with Crippen molar-refractivity contribution in [2.75, 3.05) is 13.2 Å². The molecule has 3 rings (SSSR count). The molecule has 2 amide bonds. The van der Waals surface area contributed by atoms with Gasteiger partial charge in [-0.2, -0.15) is 0 Å². The molecule has 0 spiro atoms. The fraction of sp³-hybridized carbons (Fsp3) is 0.176. The number of imide groups is 1. The molecule has 2 N–H and O–H groups in total. The average Bonchev–Trinajstić information content (AvgIpc) is 2.79.